The number of likely N-dealkylation sites (tertiary alicyclic amines) is 1. The average molecular weight is 414 g/mol. The molecular formula is C22H27N3O3S. The monoisotopic (exact) mass is 413 g/mol. The summed E-state index contributed by atoms with van der Waals surface area (Å²) in [5.41, 5.74) is 1.57. The minimum Gasteiger partial charge on any atom is -0.332 e. The van der Waals surface area contributed by atoms with Crippen molar-refractivity contribution in [2.45, 2.75) is 49.5 Å². The number of carbonyl (C=O) groups is 1. The van der Waals surface area contributed by atoms with Gasteiger partial charge in [-0.05, 0) is 68.0 Å². The van der Waals surface area contributed by atoms with Crippen molar-refractivity contribution in [1.82, 2.24) is 14.2 Å². The fraction of sp³-hybridized carbons (Fsp3) is 0.455. The molecule has 6 nitrogen and oxygen atoms in total. The van der Waals surface area contributed by atoms with E-state index in [1.165, 1.54) is 0 Å². The number of hydrogen-bond acceptors (Lipinski definition) is 4. The predicted molar refractivity (Wildman–Crippen MR) is 111 cm³/mol. The third-order valence-corrected chi connectivity index (χ3v) is 7.80. The number of hydrogen-bond donors (Lipinski definition) is 0. The highest BCUT2D eigenvalue weighted by Gasteiger charge is 2.30. The highest BCUT2D eigenvalue weighted by Crippen LogP contribution is 2.32. The fourth-order valence-corrected chi connectivity index (χ4v) is 5.80. The Labute approximate surface area is 172 Å². The van der Waals surface area contributed by atoms with Crippen molar-refractivity contribution in [2.24, 2.45) is 0 Å². The SMILES string of the molecule is O=C(c1ccc(S(=O)(=O)N2CCCCC2)cc1)N1CCCC[C@@H]1c1cccnc1. The third kappa shape index (κ3) is 4.21. The van der Waals surface area contributed by atoms with Crippen molar-refractivity contribution in [2.75, 3.05) is 19.6 Å². The van der Waals surface area contributed by atoms with Crippen LogP contribution in [-0.4, -0.2) is 48.1 Å². The second-order valence-electron chi connectivity index (χ2n) is 7.79. The molecule has 1 atom stereocenters. The lowest BCUT2D eigenvalue weighted by Crippen LogP contribution is -2.38. The van der Waals surface area contributed by atoms with Crippen LogP contribution in [0.25, 0.3) is 0 Å². The summed E-state index contributed by atoms with van der Waals surface area (Å²) in [6.45, 7) is 1.85. The number of carbonyl (C=O) groups excluding carboxylic acids is 1. The second kappa shape index (κ2) is 8.63. The van der Waals surface area contributed by atoms with Gasteiger partial charge in [0, 0.05) is 37.6 Å². The van der Waals surface area contributed by atoms with E-state index in [-0.39, 0.29) is 16.8 Å². The van der Waals surface area contributed by atoms with Crippen molar-refractivity contribution in [1.29, 1.82) is 0 Å². The number of pyridine rings is 1. The first-order valence-electron chi connectivity index (χ1n) is 10.4. The topological polar surface area (TPSA) is 70.6 Å². The Morgan fingerprint density at radius 3 is 2.34 bits per heavy atom. The van der Waals surface area contributed by atoms with Crippen LogP contribution in [0.2, 0.25) is 0 Å². The van der Waals surface area contributed by atoms with E-state index >= 15 is 0 Å². The third-order valence-electron chi connectivity index (χ3n) is 5.89. The highest BCUT2D eigenvalue weighted by molar-refractivity contribution is 7.89. The van der Waals surface area contributed by atoms with Gasteiger partial charge in [-0.1, -0.05) is 12.5 Å². The number of benzene rings is 1. The Hall–Kier alpha value is -2.25. The summed E-state index contributed by atoms with van der Waals surface area (Å²) >= 11 is 0. The predicted octanol–water partition coefficient (Wildman–Crippen LogP) is 3.62. The number of amides is 1. The molecule has 2 saturated heterocycles. The number of rotatable bonds is 4. The van der Waals surface area contributed by atoms with E-state index in [2.05, 4.69) is 4.98 Å². The van der Waals surface area contributed by atoms with Crippen molar-refractivity contribution in [3.05, 3.63) is 59.9 Å². The average Bonchev–Trinajstić information content (AvgIpc) is 2.80. The molecule has 1 aromatic carbocycles. The Balaban J connectivity index is 1.54. The summed E-state index contributed by atoms with van der Waals surface area (Å²) in [4.78, 5) is 19.6. The van der Waals surface area contributed by atoms with Crippen LogP contribution in [0.1, 0.15) is 60.5 Å². The van der Waals surface area contributed by atoms with Crippen LogP contribution in [0.4, 0.5) is 0 Å². The first-order chi connectivity index (χ1) is 14.1. The lowest BCUT2D eigenvalue weighted by molar-refractivity contribution is 0.0611. The summed E-state index contributed by atoms with van der Waals surface area (Å²) in [5, 5.41) is 0. The standard InChI is InChI=1S/C22H27N3O3S/c26-22(25-16-5-2-8-21(25)19-7-6-13-23-17-19)18-9-11-20(12-10-18)29(27,28)24-14-3-1-4-15-24/h6-7,9-13,17,21H,1-5,8,14-16H2/t21-/m1/s1. The highest BCUT2D eigenvalue weighted by atomic mass is 32.2. The van der Waals surface area contributed by atoms with Gasteiger partial charge in [0.1, 0.15) is 0 Å². The molecule has 7 heteroatoms. The van der Waals surface area contributed by atoms with Crippen LogP contribution in [0.3, 0.4) is 0 Å². The van der Waals surface area contributed by atoms with Crippen LogP contribution in [0.15, 0.2) is 53.7 Å². The minimum absolute atomic E-state index is 0.0155. The summed E-state index contributed by atoms with van der Waals surface area (Å²) in [6, 6.07) is 10.4. The van der Waals surface area contributed by atoms with Crippen LogP contribution in [-0.2, 0) is 10.0 Å². The molecule has 2 fully saturated rings. The van der Waals surface area contributed by atoms with E-state index in [1.54, 1.807) is 34.8 Å². The number of nitrogens with zero attached hydrogens (tertiary/aromatic N) is 3. The van der Waals surface area contributed by atoms with Crippen molar-refractivity contribution in [3.8, 4) is 0 Å². The molecule has 29 heavy (non-hydrogen) atoms. The minimum atomic E-state index is -3.48. The lowest BCUT2D eigenvalue weighted by atomic mass is 9.95. The Morgan fingerprint density at radius 2 is 1.66 bits per heavy atom. The fourth-order valence-electron chi connectivity index (χ4n) is 4.28. The largest absolute Gasteiger partial charge is 0.332 e. The van der Waals surface area contributed by atoms with E-state index in [1.807, 2.05) is 23.2 Å². The lowest BCUT2D eigenvalue weighted by Gasteiger charge is -2.36. The van der Waals surface area contributed by atoms with Crippen LogP contribution >= 0.6 is 0 Å². The molecule has 154 valence electrons. The zero-order chi connectivity index (χ0) is 20.3. The molecule has 1 aromatic heterocycles. The zero-order valence-electron chi connectivity index (χ0n) is 16.5. The van der Waals surface area contributed by atoms with Crippen molar-refractivity contribution < 1.29 is 13.2 Å². The summed E-state index contributed by atoms with van der Waals surface area (Å²) in [6.07, 6.45) is 9.41. The number of sulfonamides is 1. The van der Waals surface area contributed by atoms with E-state index in [0.717, 1.165) is 44.1 Å². The van der Waals surface area contributed by atoms with Gasteiger partial charge >= 0.3 is 0 Å². The normalized spacial score (nSPS) is 21.1. The molecule has 0 N–H and O–H groups in total. The molecule has 0 aliphatic carbocycles. The van der Waals surface area contributed by atoms with E-state index in [9.17, 15) is 13.2 Å². The van der Waals surface area contributed by atoms with E-state index in [0.29, 0.717) is 25.2 Å². The van der Waals surface area contributed by atoms with Gasteiger partial charge in [-0.3, -0.25) is 9.78 Å². The van der Waals surface area contributed by atoms with Crippen LogP contribution in [0, 0.1) is 0 Å². The van der Waals surface area contributed by atoms with Crippen LogP contribution in [0.5, 0.6) is 0 Å². The van der Waals surface area contributed by atoms with Gasteiger partial charge in [-0.25, -0.2) is 8.42 Å². The summed E-state index contributed by atoms with van der Waals surface area (Å²) < 4.78 is 27.2. The summed E-state index contributed by atoms with van der Waals surface area (Å²) in [7, 11) is -3.48. The molecule has 2 aliphatic rings. The smallest absolute Gasteiger partial charge is 0.254 e. The molecule has 2 aliphatic heterocycles. The first-order valence-corrected chi connectivity index (χ1v) is 11.8. The molecule has 2 aromatic rings. The van der Waals surface area contributed by atoms with Gasteiger partial charge < -0.3 is 4.90 Å². The Morgan fingerprint density at radius 1 is 0.931 bits per heavy atom. The van der Waals surface area contributed by atoms with Crippen LogP contribution < -0.4 is 0 Å². The van der Waals surface area contributed by atoms with Crippen molar-refractivity contribution in [3.63, 3.8) is 0 Å². The van der Waals surface area contributed by atoms with E-state index < -0.39 is 10.0 Å². The van der Waals surface area contributed by atoms with Gasteiger partial charge in [-0.2, -0.15) is 4.31 Å². The van der Waals surface area contributed by atoms with E-state index in [4.69, 9.17) is 0 Å². The quantitative estimate of drug-likeness (QED) is 0.768. The molecule has 0 saturated carbocycles. The molecule has 0 unspecified atom stereocenters. The molecule has 1 amide bonds. The summed E-state index contributed by atoms with van der Waals surface area (Å²) in [5.74, 6) is -0.0551. The molecule has 3 heterocycles. The Kier molecular flexibility index (Phi) is 5.96. The molecular weight excluding hydrogens is 386 g/mol. The first kappa shape index (κ1) is 20.0. The number of piperidine rings is 2. The number of aromatic nitrogens is 1. The zero-order valence-corrected chi connectivity index (χ0v) is 17.4. The van der Waals surface area contributed by atoms with Gasteiger partial charge in [0.05, 0.1) is 10.9 Å². The molecule has 0 radical (unpaired) electrons. The maximum absolute atomic E-state index is 13.2. The maximum Gasteiger partial charge on any atom is 0.254 e. The van der Waals surface area contributed by atoms with Gasteiger partial charge in [0.2, 0.25) is 10.0 Å². The van der Waals surface area contributed by atoms with Gasteiger partial charge in [0.25, 0.3) is 5.91 Å². The maximum atomic E-state index is 13.2. The van der Waals surface area contributed by atoms with Crippen molar-refractivity contribution >= 4 is 15.9 Å². The second-order valence-corrected chi connectivity index (χ2v) is 9.72. The molecule has 0 bridgehead atoms. The van der Waals surface area contributed by atoms with Gasteiger partial charge in [0.15, 0.2) is 0 Å². The Bertz CT molecular complexity index is 939. The molecule has 4 rings (SSSR count). The molecule has 0 spiro atoms. The van der Waals surface area contributed by atoms with Gasteiger partial charge in [-0.15, -0.1) is 0 Å².